The zero-order chi connectivity index (χ0) is 12.2. The van der Waals surface area contributed by atoms with Crippen molar-refractivity contribution in [2.45, 2.75) is 31.4 Å². The van der Waals surface area contributed by atoms with E-state index in [9.17, 15) is 4.79 Å². The summed E-state index contributed by atoms with van der Waals surface area (Å²) in [7, 11) is 1.41. The predicted molar refractivity (Wildman–Crippen MR) is 68.8 cm³/mol. The molecule has 0 aliphatic carbocycles. The monoisotopic (exact) mass is 238 g/mol. The van der Waals surface area contributed by atoms with Gasteiger partial charge >= 0.3 is 5.97 Å². The molecule has 0 radical (unpaired) electrons. The summed E-state index contributed by atoms with van der Waals surface area (Å²) in [5, 5.41) is 0. The molecule has 0 amide bonds. The molecule has 1 aromatic carbocycles. The molecule has 0 aliphatic rings. The molecular weight excluding hydrogens is 220 g/mol. The van der Waals surface area contributed by atoms with Crippen molar-refractivity contribution in [1.82, 2.24) is 0 Å². The van der Waals surface area contributed by atoms with Gasteiger partial charge in [-0.1, -0.05) is 31.2 Å². The Morgan fingerprint density at radius 3 is 2.62 bits per heavy atom. The summed E-state index contributed by atoms with van der Waals surface area (Å²) < 4.78 is 4.49. The molecule has 0 heterocycles. The second-order valence-electron chi connectivity index (χ2n) is 4.04. The highest BCUT2D eigenvalue weighted by Gasteiger charge is 2.23. The van der Waals surface area contributed by atoms with Crippen molar-refractivity contribution in [3.63, 3.8) is 0 Å². The van der Waals surface area contributed by atoms with Crippen molar-refractivity contribution in [2.75, 3.05) is 7.11 Å². The zero-order valence-electron chi connectivity index (χ0n) is 9.99. The molecule has 0 aliphatic heterocycles. The second-order valence-corrected chi connectivity index (χ2v) is 5.02. The van der Waals surface area contributed by atoms with Gasteiger partial charge in [0.1, 0.15) is 0 Å². The van der Waals surface area contributed by atoms with Gasteiger partial charge in [0, 0.05) is 4.75 Å². The van der Waals surface area contributed by atoms with Gasteiger partial charge in [0.2, 0.25) is 0 Å². The molecule has 0 fully saturated rings. The molecule has 0 spiro atoms. The van der Waals surface area contributed by atoms with Crippen LogP contribution in [0.4, 0.5) is 0 Å². The Bertz CT molecular complexity index is 372. The van der Waals surface area contributed by atoms with Gasteiger partial charge in [-0.25, -0.2) is 0 Å². The fourth-order valence-electron chi connectivity index (χ4n) is 1.62. The third-order valence-corrected chi connectivity index (χ3v) is 3.41. The molecule has 1 rings (SSSR count). The Kier molecular flexibility index (Phi) is 4.42. The molecule has 0 aromatic heterocycles. The minimum absolute atomic E-state index is 0.204. The van der Waals surface area contributed by atoms with E-state index in [1.807, 2.05) is 24.3 Å². The highest BCUT2D eigenvalue weighted by atomic mass is 32.1. The molecule has 0 saturated carbocycles. The van der Waals surface area contributed by atoms with Gasteiger partial charge < -0.3 is 4.74 Å². The minimum Gasteiger partial charge on any atom is -0.469 e. The number of thiol groups is 1. The zero-order valence-corrected chi connectivity index (χ0v) is 10.9. The lowest BCUT2D eigenvalue weighted by Gasteiger charge is -2.25. The van der Waals surface area contributed by atoms with Crippen LogP contribution in [0, 0.1) is 0 Å². The van der Waals surface area contributed by atoms with E-state index in [-0.39, 0.29) is 10.7 Å². The number of hydrogen-bond donors (Lipinski definition) is 1. The summed E-state index contributed by atoms with van der Waals surface area (Å²) in [6.07, 6.45) is 1.22. The highest BCUT2D eigenvalue weighted by Crippen LogP contribution is 2.33. The average molecular weight is 238 g/mol. The molecule has 88 valence electrons. The lowest BCUT2D eigenvalue weighted by molar-refractivity contribution is -0.139. The van der Waals surface area contributed by atoms with Crippen molar-refractivity contribution >= 4 is 18.6 Å². The minimum atomic E-state index is -0.215. The van der Waals surface area contributed by atoms with Crippen molar-refractivity contribution in [2.24, 2.45) is 0 Å². The number of methoxy groups -OCH3 is 1. The summed E-state index contributed by atoms with van der Waals surface area (Å²) in [5.74, 6) is -0.215. The summed E-state index contributed by atoms with van der Waals surface area (Å²) in [6, 6.07) is 7.88. The predicted octanol–water partition coefficient (Wildman–Crippen LogP) is 2.96. The number of ether oxygens (including phenoxy) is 1. The molecule has 1 aromatic rings. The number of carbonyl (C=O) groups is 1. The third-order valence-electron chi connectivity index (χ3n) is 2.85. The van der Waals surface area contributed by atoms with Crippen LogP contribution in [0.2, 0.25) is 0 Å². The lowest BCUT2D eigenvalue weighted by Crippen LogP contribution is -2.17. The fourth-order valence-corrected chi connectivity index (χ4v) is 1.84. The molecule has 3 heteroatoms. The largest absolute Gasteiger partial charge is 0.469 e. The van der Waals surface area contributed by atoms with Crippen molar-refractivity contribution in [1.29, 1.82) is 0 Å². The maximum atomic E-state index is 11.3. The first-order valence-corrected chi connectivity index (χ1v) is 5.83. The summed E-state index contributed by atoms with van der Waals surface area (Å²) in [4.78, 5) is 11.3. The van der Waals surface area contributed by atoms with Gasteiger partial charge in [-0.3, -0.25) is 4.79 Å². The van der Waals surface area contributed by atoms with Crippen molar-refractivity contribution in [3.05, 3.63) is 35.4 Å². The number of benzene rings is 1. The lowest BCUT2D eigenvalue weighted by atomic mass is 9.91. The van der Waals surface area contributed by atoms with E-state index in [0.717, 1.165) is 17.5 Å². The van der Waals surface area contributed by atoms with E-state index in [4.69, 9.17) is 4.74 Å². The molecule has 1 unspecified atom stereocenters. The summed E-state index contributed by atoms with van der Waals surface area (Å²) in [5.41, 5.74) is 2.10. The maximum Gasteiger partial charge on any atom is 0.309 e. The van der Waals surface area contributed by atoms with Crippen molar-refractivity contribution < 1.29 is 9.53 Å². The van der Waals surface area contributed by atoms with Gasteiger partial charge in [0.15, 0.2) is 0 Å². The molecule has 2 nitrogen and oxygen atoms in total. The number of hydrogen-bond acceptors (Lipinski definition) is 3. The maximum absolute atomic E-state index is 11.3. The summed E-state index contributed by atoms with van der Waals surface area (Å²) in [6.45, 7) is 4.15. The van der Waals surface area contributed by atoms with Crippen LogP contribution in [0.3, 0.4) is 0 Å². The topological polar surface area (TPSA) is 26.3 Å². The van der Waals surface area contributed by atoms with Gasteiger partial charge in [0.25, 0.3) is 0 Å². The van der Waals surface area contributed by atoms with E-state index < -0.39 is 0 Å². The SMILES string of the molecule is CCC(C)(S)c1ccccc1CC(=O)OC. The Hall–Kier alpha value is -0.960. The van der Waals surface area contributed by atoms with Crippen LogP contribution in [0.5, 0.6) is 0 Å². The first-order chi connectivity index (χ1) is 7.51. The van der Waals surface area contributed by atoms with Crippen molar-refractivity contribution in [3.8, 4) is 0 Å². The van der Waals surface area contributed by atoms with Crippen LogP contribution in [0.25, 0.3) is 0 Å². The van der Waals surface area contributed by atoms with E-state index in [1.165, 1.54) is 7.11 Å². The van der Waals surface area contributed by atoms with Gasteiger partial charge in [0.05, 0.1) is 13.5 Å². The Morgan fingerprint density at radius 1 is 1.44 bits per heavy atom. The van der Waals surface area contributed by atoms with Crippen LogP contribution < -0.4 is 0 Å². The van der Waals surface area contributed by atoms with E-state index in [1.54, 1.807) is 0 Å². The molecule has 0 N–H and O–H groups in total. The highest BCUT2D eigenvalue weighted by molar-refractivity contribution is 7.81. The average Bonchev–Trinajstić information content (AvgIpc) is 2.29. The fraction of sp³-hybridized carbons (Fsp3) is 0.462. The van der Waals surface area contributed by atoms with E-state index in [0.29, 0.717) is 6.42 Å². The standard InChI is InChI=1S/C13H18O2S/c1-4-13(2,16)11-8-6-5-7-10(11)9-12(14)15-3/h5-8,16H,4,9H2,1-3H3. The van der Waals surface area contributed by atoms with Crippen LogP contribution in [0.1, 0.15) is 31.4 Å². The van der Waals surface area contributed by atoms with Crippen LogP contribution in [0.15, 0.2) is 24.3 Å². The van der Waals surface area contributed by atoms with E-state index in [2.05, 4.69) is 26.5 Å². The van der Waals surface area contributed by atoms with E-state index >= 15 is 0 Å². The molecule has 0 saturated heterocycles. The molecule has 0 bridgehead atoms. The Balaban J connectivity index is 3.05. The van der Waals surface area contributed by atoms with Crippen LogP contribution in [-0.4, -0.2) is 13.1 Å². The smallest absolute Gasteiger partial charge is 0.309 e. The Labute approximate surface area is 102 Å². The van der Waals surface area contributed by atoms with Gasteiger partial charge in [-0.05, 0) is 24.5 Å². The second kappa shape index (κ2) is 5.39. The van der Waals surface area contributed by atoms with Gasteiger partial charge in [-0.2, -0.15) is 12.6 Å². The number of esters is 1. The molecule has 1 atom stereocenters. The number of carbonyl (C=O) groups excluding carboxylic acids is 1. The first-order valence-electron chi connectivity index (χ1n) is 5.39. The van der Waals surface area contributed by atoms with Gasteiger partial charge in [-0.15, -0.1) is 0 Å². The number of rotatable bonds is 4. The summed E-state index contributed by atoms with van der Waals surface area (Å²) >= 11 is 4.65. The van der Waals surface area contributed by atoms with Crippen LogP contribution in [-0.2, 0) is 20.7 Å². The molecule has 16 heavy (non-hydrogen) atoms. The Morgan fingerprint density at radius 2 is 2.06 bits per heavy atom. The third kappa shape index (κ3) is 3.01. The normalized spacial score (nSPS) is 14.2. The first kappa shape index (κ1) is 13.1. The van der Waals surface area contributed by atoms with Crippen LogP contribution >= 0.6 is 12.6 Å². The molecular formula is C13H18O2S. The quantitative estimate of drug-likeness (QED) is 0.645.